The third-order valence-corrected chi connectivity index (χ3v) is 4.89. The summed E-state index contributed by atoms with van der Waals surface area (Å²) in [6.45, 7) is 4.27. The first-order valence-electron chi connectivity index (χ1n) is 5.81. The molecule has 0 saturated carbocycles. The number of thiophene rings is 2. The zero-order valence-electron chi connectivity index (χ0n) is 10.3. The minimum absolute atomic E-state index is 1.21. The van der Waals surface area contributed by atoms with Crippen LogP contribution in [0.1, 0.15) is 9.75 Å². The molecule has 0 saturated heterocycles. The van der Waals surface area contributed by atoms with Crippen molar-refractivity contribution in [2.75, 3.05) is 0 Å². The average molecular weight is 271 g/mol. The third-order valence-electron chi connectivity index (χ3n) is 2.79. The van der Waals surface area contributed by atoms with E-state index in [0.29, 0.717) is 0 Å². The van der Waals surface area contributed by atoms with E-state index < -0.39 is 0 Å². The largest absolute Gasteiger partial charge is 0.263 e. The number of hydrogen-bond donors (Lipinski definition) is 0. The second-order valence-corrected chi connectivity index (χ2v) is 6.86. The van der Waals surface area contributed by atoms with Gasteiger partial charge in [-0.05, 0) is 44.2 Å². The van der Waals surface area contributed by atoms with Crippen molar-refractivity contribution in [3.05, 3.63) is 52.5 Å². The zero-order valence-corrected chi connectivity index (χ0v) is 11.9. The molecule has 3 rings (SSSR count). The molecule has 3 heterocycles. The second kappa shape index (κ2) is 4.67. The van der Waals surface area contributed by atoms with Gasteiger partial charge in [-0.15, -0.1) is 22.7 Å². The summed E-state index contributed by atoms with van der Waals surface area (Å²) in [6, 6.07) is 10.9. The Morgan fingerprint density at radius 1 is 0.778 bits per heavy atom. The van der Waals surface area contributed by atoms with Gasteiger partial charge >= 0.3 is 0 Å². The summed E-state index contributed by atoms with van der Waals surface area (Å²) < 4.78 is 0. The summed E-state index contributed by atoms with van der Waals surface area (Å²) in [5.74, 6) is 0. The average Bonchev–Trinajstić information content (AvgIpc) is 2.98. The van der Waals surface area contributed by atoms with Crippen molar-refractivity contribution in [2.24, 2.45) is 0 Å². The lowest BCUT2D eigenvalue weighted by Gasteiger charge is -2.00. The predicted octanol–water partition coefficient (Wildman–Crippen LogP) is 5.16. The minimum Gasteiger partial charge on any atom is -0.263 e. The Kier molecular flexibility index (Phi) is 3.02. The van der Waals surface area contributed by atoms with Gasteiger partial charge in [0.2, 0.25) is 0 Å². The van der Waals surface area contributed by atoms with E-state index in [-0.39, 0.29) is 0 Å². The van der Waals surface area contributed by atoms with Crippen LogP contribution in [0.2, 0.25) is 0 Å². The first-order chi connectivity index (χ1) is 8.72. The molecule has 0 aliphatic carbocycles. The highest BCUT2D eigenvalue weighted by Crippen LogP contribution is 2.32. The summed E-state index contributed by atoms with van der Waals surface area (Å²) in [7, 11) is 0. The number of rotatable bonds is 2. The molecule has 0 spiro atoms. The number of nitrogens with zero attached hydrogens (tertiary/aromatic N) is 1. The van der Waals surface area contributed by atoms with E-state index in [0.717, 1.165) is 0 Å². The van der Waals surface area contributed by atoms with Crippen LogP contribution < -0.4 is 0 Å². The number of pyridine rings is 1. The highest BCUT2D eigenvalue weighted by molar-refractivity contribution is 7.15. The molecule has 3 aromatic rings. The molecule has 0 aliphatic rings. The summed E-state index contributed by atoms with van der Waals surface area (Å²) >= 11 is 3.63. The Morgan fingerprint density at radius 3 is 1.67 bits per heavy atom. The zero-order chi connectivity index (χ0) is 12.5. The van der Waals surface area contributed by atoms with Crippen molar-refractivity contribution in [1.29, 1.82) is 0 Å². The molecule has 90 valence electrons. The van der Waals surface area contributed by atoms with Gasteiger partial charge in [0, 0.05) is 43.0 Å². The SMILES string of the molecule is Cc1ccc(-c2cncc(-c3ccc(C)s3)c2)s1. The summed E-state index contributed by atoms with van der Waals surface area (Å²) in [5, 5.41) is 0. The van der Waals surface area contributed by atoms with Gasteiger partial charge in [0.05, 0.1) is 0 Å². The van der Waals surface area contributed by atoms with Gasteiger partial charge in [-0.1, -0.05) is 0 Å². The first kappa shape index (κ1) is 11.6. The molecule has 0 bridgehead atoms. The van der Waals surface area contributed by atoms with Crippen LogP contribution in [0.25, 0.3) is 20.9 Å². The van der Waals surface area contributed by atoms with Crippen molar-refractivity contribution < 1.29 is 0 Å². The standard InChI is InChI=1S/C15H13NS2/c1-10-3-5-14(17-10)12-7-13(9-16-8-12)15-6-4-11(2)18-15/h3-9H,1-2H3. The molecule has 0 fully saturated rings. The first-order valence-corrected chi connectivity index (χ1v) is 7.44. The molecule has 0 aliphatic heterocycles. The van der Waals surface area contributed by atoms with Crippen molar-refractivity contribution in [3.63, 3.8) is 0 Å². The van der Waals surface area contributed by atoms with Crippen LogP contribution in [0.15, 0.2) is 42.7 Å². The van der Waals surface area contributed by atoms with Crippen molar-refractivity contribution >= 4 is 22.7 Å². The van der Waals surface area contributed by atoms with Gasteiger partial charge < -0.3 is 0 Å². The lowest BCUT2D eigenvalue weighted by molar-refractivity contribution is 1.34. The maximum absolute atomic E-state index is 4.37. The Hall–Kier alpha value is -1.45. The van der Waals surface area contributed by atoms with E-state index in [1.54, 1.807) is 0 Å². The van der Waals surface area contributed by atoms with Gasteiger partial charge in [0.15, 0.2) is 0 Å². The molecular weight excluding hydrogens is 258 g/mol. The van der Waals surface area contributed by atoms with Crippen LogP contribution in [0.5, 0.6) is 0 Å². The normalized spacial score (nSPS) is 10.8. The van der Waals surface area contributed by atoms with Crippen molar-refractivity contribution in [3.8, 4) is 20.9 Å². The quantitative estimate of drug-likeness (QED) is 0.627. The monoisotopic (exact) mass is 271 g/mol. The second-order valence-electron chi connectivity index (χ2n) is 4.28. The van der Waals surface area contributed by atoms with E-state index in [1.807, 2.05) is 35.1 Å². The predicted molar refractivity (Wildman–Crippen MR) is 80.3 cm³/mol. The van der Waals surface area contributed by atoms with E-state index in [2.05, 4.69) is 49.2 Å². The van der Waals surface area contributed by atoms with Crippen LogP contribution in [-0.2, 0) is 0 Å². The lowest BCUT2D eigenvalue weighted by Crippen LogP contribution is -1.79. The van der Waals surface area contributed by atoms with Crippen molar-refractivity contribution in [1.82, 2.24) is 4.98 Å². The lowest BCUT2D eigenvalue weighted by atomic mass is 10.1. The topological polar surface area (TPSA) is 12.9 Å². The number of hydrogen-bond acceptors (Lipinski definition) is 3. The van der Waals surface area contributed by atoms with E-state index in [1.165, 1.54) is 30.6 Å². The molecule has 0 radical (unpaired) electrons. The molecule has 3 aromatic heterocycles. The van der Waals surface area contributed by atoms with Crippen LogP contribution in [0, 0.1) is 13.8 Å². The minimum atomic E-state index is 1.21. The van der Waals surface area contributed by atoms with Crippen LogP contribution in [-0.4, -0.2) is 4.98 Å². The van der Waals surface area contributed by atoms with E-state index >= 15 is 0 Å². The Bertz CT molecular complexity index is 624. The van der Waals surface area contributed by atoms with Crippen molar-refractivity contribution in [2.45, 2.75) is 13.8 Å². The summed E-state index contributed by atoms with van der Waals surface area (Å²) in [4.78, 5) is 9.61. The van der Waals surface area contributed by atoms with Crippen LogP contribution in [0.3, 0.4) is 0 Å². The fraction of sp³-hybridized carbons (Fsp3) is 0.133. The summed E-state index contributed by atoms with van der Waals surface area (Å²) in [5.41, 5.74) is 2.41. The Labute approximate surface area is 115 Å². The molecule has 18 heavy (non-hydrogen) atoms. The fourth-order valence-corrected chi connectivity index (χ4v) is 3.59. The molecule has 0 aromatic carbocycles. The van der Waals surface area contributed by atoms with Crippen LogP contribution in [0.4, 0.5) is 0 Å². The third kappa shape index (κ3) is 2.24. The van der Waals surface area contributed by atoms with Gasteiger partial charge in [-0.2, -0.15) is 0 Å². The smallest absolute Gasteiger partial charge is 0.0361 e. The maximum Gasteiger partial charge on any atom is 0.0361 e. The van der Waals surface area contributed by atoms with Gasteiger partial charge in [0.25, 0.3) is 0 Å². The molecule has 3 heteroatoms. The molecule has 0 amide bonds. The highest BCUT2D eigenvalue weighted by atomic mass is 32.1. The molecule has 0 unspecified atom stereocenters. The Morgan fingerprint density at radius 2 is 1.28 bits per heavy atom. The van der Waals surface area contributed by atoms with E-state index in [4.69, 9.17) is 0 Å². The Balaban J connectivity index is 2.04. The maximum atomic E-state index is 4.37. The molecule has 1 nitrogen and oxygen atoms in total. The molecule has 0 atom stereocenters. The summed E-state index contributed by atoms with van der Waals surface area (Å²) in [6.07, 6.45) is 3.88. The van der Waals surface area contributed by atoms with Gasteiger partial charge in [-0.3, -0.25) is 4.98 Å². The fourth-order valence-electron chi connectivity index (χ4n) is 1.89. The number of aromatic nitrogens is 1. The highest BCUT2D eigenvalue weighted by Gasteiger charge is 2.05. The molecular formula is C15H13NS2. The van der Waals surface area contributed by atoms with E-state index in [9.17, 15) is 0 Å². The van der Waals surface area contributed by atoms with Gasteiger partial charge in [0.1, 0.15) is 0 Å². The van der Waals surface area contributed by atoms with Crippen LogP contribution >= 0.6 is 22.7 Å². The molecule has 0 N–H and O–H groups in total. The van der Waals surface area contributed by atoms with Gasteiger partial charge in [-0.25, -0.2) is 0 Å². The number of aryl methyl sites for hydroxylation is 2.